The number of hydrogen-bond acceptors (Lipinski definition) is 3. The van der Waals surface area contributed by atoms with Crippen LogP contribution in [0.5, 0.6) is 0 Å². The van der Waals surface area contributed by atoms with Crippen molar-refractivity contribution >= 4 is 0 Å². The second-order valence-electron chi connectivity index (χ2n) is 9.44. The van der Waals surface area contributed by atoms with E-state index < -0.39 is 5.79 Å². The van der Waals surface area contributed by atoms with Crippen LogP contribution in [0.15, 0.2) is 12.2 Å². The van der Waals surface area contributed by atoms with Crippen molar-refractivity contribution in [1.82, 2.24) is 0 Å². The van der Waals surface area contributed by atoms with Crippen LogP contribution in [0.2, 0.25) is 0 Å². The monoisotopic (exact) mass is 320 g/mol. The van der Waals surface area contributed by atoms with Crippen molar-refractivity contribution in [1.29, 1.82) is 0 Å². The standard InChI is InChI=1S/C20H32O3/c1-6-7-16-20(10-18(20,5)11-21-16)15-9-19(8-14(15)2)12-22-17(3,4)23-13-19/h15-16H,2,6-13H2,1,3-5H3/t15-,16?,18+,20+/m1/s1. The first kappa shape index (κ1) is 16.1. The minimum Gasteiger partial charge on any atom is -0.377 e. The highest BCUT2D eigenvalue weighted by Gasteiger charge is 2.76. The maximum absolute atomic E-state index is 6.23. The number of rotatable bonds is 3. The molecular weight excluding hydrogens is 288 g/mol. The summed E-state index contributed by atoms with van der Waals surface area (Å²) in [5.74, 6) is 0.151. The molecule has 0 N–H and O–H groups in total. The van der Waals surface area contributed by atoms with Crippen LogP contribution < -0.4 is 0 Å². The zero-order valence-electron chi connectivity index (χ0n) is 15.2. The van der Waals surface area contributed by atoms with E-state index >= 15 is 0 Å². The van der Waals surface area contributed by atoms with E-state index in [-0.39, 0.29) is 5.41 Å². The van der Waals surface area contributed by atoms with Gasteiger partial charge >= 0.3 is 0 Å². The fraction of sp³-hybridized carbons (Fsp3) is 0.900. The molecule has 2 aliphatic carbocycles. The molecule has 2 heterocycles. The van der Waals surface area contributed by atoms with Gasteiger partial charge in [0.2, 0.25) is 0 Å². The van der Waals surface area contributed by atoms with E-state index in [2.05, 4.69) is 20.4 Å². The Morgan fingerprint density at radius 2 is 1.83 bits per heavy atom. The van der Waals surface area contributed by atoms with Gasteiger partial charge in [-0.25, -0.2) is 0 Å². The van der Waals surface area contributed by atoms with Crippen molar-refractivity contribution in [3.63, 3.8) is 0 Å². The molecule has 2 saturated carbocycles. The molecule has 0 aromatic heterocycles. The Morgan fingerprint density at radius 1 is 1.13 bits per heavy atom. The Bertz CT molecular complexity index is 513. The van der Waals surface area contributed by atoms with E-state index in [9.17, 15) is 0 Å². The summed E-state index contributed by atoms with van der Waals surface area (Å²) in [4.78, 5) is 0. The van der Waals surface area contributed by atoms with Crippen LogP contribution in [0, 0.1) is 22.2 Å². The summed E-state index contributed by atoms with van der Waals surface area (Å²) in [6.45, 7) is 15.8. The Hall–Kier alpha value is -0.380. The normalized spacial score (nSPS) is 47.0. The van der Waals surface area contributed by atoms with E-state index in [1.165, 1.54) is 31.3 Å². The SMILES string of the molecule is C=C1CC2(COC(C)(C)OC2)C[C@H]1[C@]12C[C@@]1(C)COC2CCC. The van der Waals surface area contributed by atoms with Gasteiger partial charge in [-0.05, 0) is 45.4 Å². The predicted molar refractivity (Wildman–Crippen MR) is 90.1 cm³/mol. The van der Waals surface area contributed by atoms with Gasteiger partial charge in [0.15, 0.2) is 5.79 Å². The van der Waals surface area contributed by atoms with Gasteiger partial charge in [-0.15, -0.1) is 0 Å². The summed E-state index contributed by atoms with van der Waals surface area (Å²) in [5, 5.41) is 0. The second-order valence-corrected chi connectivity index (χ2v) is 9.44. The Labute approximate surface area is 140 Å². The van der Waals surface area contributed by atoms with E-state index in [0.29, 0.717) is 22.9 Å². The molecule has 4 atom stereocenters. The quantitative estimate of drug-likeness (QED) is 0.725. The van der Waals surface area contributed by atoms with E-state index in [1.807, 2.05) is 13.8 Å². The molecular formula is C20H32O3. The molecule has 3 nitrogen and oxygen atoms in total. The molecule has 2 aliphatic heterocycles. The minimum atomic E-state index is -0.432. The molecule has 2 saturated heterocycles. The van der Waals surface area contributed by atoms with Crippen molar-refractivity contribution < 1.29 is 14.2 Å². The van der Waals surface area contributed by atoms with Crippen molar-refractivity contribution in [2.75, 3.05) is 19.8 Å². The largest absolute Gasteiger partial charge is 0.377 e. The van der Waals surface area contributed by atoms with Crippen LogP contribution in [0.1, 0.15) is 59.8 Å². The molecule has 1 unspecified atom stereocenters. The lowest BCUT2D eigenvalue weighted by Gasteiger charge is -2.42. The molecule has 4 aliphatic rings. The third-order valence-corrected chi connectivity index (χ3v) is 7.22. The van der Waals surface area contributed by atoms with Crippen LogP contribution >= 0.6 is 0 Å². The van der Waals surface area contributed by atoms with Gasteiger partial charge in [0.05, 0.1) is 25.9 Å². The molecule has 0 aromatic carbocycles. The highest BCUT2D eigenvalue weighted by atomic mass is 16.7. The molecule has 0 bridgehead atoms. The first-order chi connectivity index (χ1) is 10.8. The van der Waals surface area contributed by atoms with Crippen LogP contribution in [-0.2, 0) is 14.2 Å². The number of allylic oxidation sites excluding steroid dienone is 1. The summed E-state index contributed by atoms with van der Waals surface area (Å²) in [6, 6.07) is 0. The Kier molecular flexibility index (Phi) is 3.38. The fourth-order valence-electron chi connectivity index (χ4n) is 5.85. The number of hydrogen-bond donors (Lipinski definition) is 0. The predicted octanol–water partition coefficient (Wildman–Crippen LogP) is 4.32. The summed E-state index contributed by atoms with van der Waals surface area (Å²) in [7, 11) is 0. The second kappa shape index (κ2) is 4.83. The molecule has 0 radical (unpaired) electrons. The van der Waals surface area contributed by atoms with E-state index in [1.54, 1.807) is 0 Å². The molecule has 3 heteroatoms. The summed E-state index contributed by atoms with van der Waals surface area (Å²) in [6.07, 6.45) is 6.36. The Balaban J connectivity index is 1.56. The first-order valence-corrected chi connectivity index (χ1v) is 9.33. The van der Waals surface area contributed by atoms with Crippen molar-refractivity contribution in [2.45, 2.75) is 71.7 Å². The highest BCUT2D eigenvalue weighted by Crippen LogP contribution is 2.78. The molecule has 23 heavy (non-hydrogen) atoms. The average Bonchev–Trinajstić information content (AvgIpc) is 2.82. The van der Waals surface area contributed by atoms with Crippen LogP contribution in [0.3, 0.4) is 0 Å². The minimum absolute atomic E-state index is 0.148. The van der Waals surface area contributed by atoms with Gasteiger partial charge in [-0.1, -0.05) is 32.4 Å². The molecule has 0 amide bonds. The van der Waals surface area contributed by atoms with Gasteiger partial charge in [0, 0.05) is 16.2 Å². The zero-order chi connectivity index (χ0) is 16.5. The Morgan fingerprint density at radius 3 is 2.43 bits per heavy atom. The van der Waals surface area contributed by atoms with Crippen LogP contribution in [0.4, 0.5) is 0 Å². The smallest absolute Gasteiger partial charge is 0.162 e. The summed E-state index contributed by atoms with van der Waals surface area (Å²) in [5.41, 5.74) is 2.29. The fourth-order valence-corrected chi connectivity index (χ4v) is 5.85. The van der Waals surface area contributed by atoms with Gasteiger partial charge in [0.1, 0.15) is 0 Å². The molecule has 130 valence electrons. The van der Waals surface area contributed by atoms with Crippen molar-refractivity contribution in [3.05, 3.63) is 12.2 Å². The van der Waals surface area contributed by atoms with Crippen LogP contribution in [-0.4, -0.2) is 31.7 Å². The van der Waals surface area contributed by atoms with Crippen LogP contribution in [0.25, 0.3) is 0 Å². The van der Waals surface area contributed by atoms with E-state index in [4.69, 9.17) is 14.2 Å². The molecule has 4 fully saturated rings. The third kappa shape index (κ3) is 2.19. The lowest BCUT2D eigenvalue weighted by Crippen LogP contribution is -2.45. The third-order valence-electron chi connectivity index (χ3n) is 7.22. The molecule has 0 aromatic rings. The number of fused-ring (bicyclic) bond motifs is 1. The lowest BCUT2D eigenvalue weighted by molar-refractivity contribution is -0.284. The van der Waals surface area contributed by atoms with Gasteiger partial charge in [0.25, 0.3) is 0 Å². The summed E-state index contributed by atoms with van der Waals surface area (Å²) >= 11 is 0. The van der Waals surface area contributed by atoms with E-state index in [0.717, 1.165) is 26.2 Å². The first-order valence-electron chi connectivity index (χ1n) is 9.33. The topological polar surface area (TPSA) is 27.7 Å². The van der Waals surface area contributed by atoms with Crippen molar-refractivity contribution in [3.8, 4) is 0 Å². The maximum Gasteiger partial charge on any atom is 0.162 e. The zero-order valence-corrected chi connectivity index (χ0v) is 15.2. The van der Waals surface area contributed by atoms with Gasteiger partial charge in [-0.3, -0.25) is 0 Å². The molecule has 4 rings (SSSR count). The van der Waals surface area contributed by atoms with Crippen molar-refractivity contribution in [2.24, 2.45) is 22.2 Å². The number of ether oxygens (including phenoxy) is 3. The van der Waals surface area contributed by atoms with Gasteiger partial charge < -0.3 is 14.2 Å². The summed E-state index contributed by atoms with van der Waals surface area (Å²) < 4.78 is 18.3. The maximum atomic E-state index is 6.23. The molecule has 1 spiro atoms. The highest BCUT2D eigenvalue weighted by molar-refractivity contribution is 5.31. The lowest BCUT2D eigenvalue weighted by atomic mass is 9.74. The average molecular weight is 320 g/mol. The van der Waals surface area contributed by atoms with Gasteiger partial charge in [-0.2, -0.15) is 0 Å².